The van der Waals surface area contributed by atoms with Gasteiger partial charge in [0, 0.05) is 18.1 Å². The van der Waals surface area contributed by atoms with Crippen LogP contribution >= 0.6 is 11.6 Å². The average molecular weight is 337 g/mol. The molecule has 1 fully saturated rings. The molecule has 4 rings (SSSR count). The van der Waals surface area contributed by atoms with Crippen LogP contribution in [0.3, 0.4) is 0 Å². The van der Waals surface area contributed by atoms with E-state index in [0.717, 1.165) is 48.6 Å². The molecule has 0 amide bonds. The Bertz CT molecular complexity index is 796. The van der Waals surface area contributed by atoms with Crippen LogP contribution in [0.5, 0.6) is 0 Å². The number of fused-ring (bicyclic) bond motifs is 1. The number of rotatable bonds is 2. The summed E-state index contributed by atoms with van der Waals surface area (Å²) in [6, 6.07) is 12.9. The molecule has 0 saturated carbocycles. The third-order valence-corrected chi connectivity index (χ3v) is 5.60. The van der Waals surface area contributed by atoms with E-state index in [2.05, 4.69) is 29.2 Å². The van der Waals surface area contributed by atoms with Gasteiger partial charge in [0.15, 0.2) is 0 Å². The highest BCUT2D eigenvalue weighted by atomic mass is 35.5. The summed E-state index contributed by atoms with van der Waals surface area (Å²) in [7, 11) is 0. The highest BCUT2D eigenvalue weighted by Gasteiger charge is 2.25. The Hall–Kier alpha value is -1.98. The summed E-state index contributed by atoms with van der Waals surface area (Å²) in [6.45, 7) is 2.13. The summed E-state index contributed by atoms with van der Waals surface area (Å²) in [5.74, 6) is 0. The topological polar surface area (TPSA) is 27.0 Å². The first-order valence-electron chi connectivity index (χ1n) is 8.87. The van der Waals surface area contributed by atoms with Crippen LogP contribution in [0.1, 0.15) is 42.4 Å². The van der Waals surface area contributed by atoms with Crippen molar-refractivity contribution in [3.8, 4) is 17.2 Å². The molecule has 3 heteroatoms. The second kappa shape index (κ2) is 6.49. The molecule has 0 spiro atoms. The summed E-state index contributed by atoms with van der Waals surface area (Å²) >= 11 is 6.07. The van der Waals surface area contributed by atoms with Crippen molar-refractivity contribution in [3.05, 3.63) is 52.0 Å². The van der Waals surface area contributed by atoms with Gasteiger partial charge in [-0.1, -0.05) is 23.7 Å². The zero-order valence-corrected chi connectivity index (χ0v) is 14.6. The zero-order valence-electron chi connectivity index (χ0n) is 13.8. The van der Waals surface area contributed by atoms with Crippen molar-refractivity contribution in [1.29, 1.82) is 5.26 Å². The molecule has 0 N–H and O–H groups in total. The largest absolute Gasteiger partial charge is 0.370 e. The highest BCUT2D eigenvalue weighted by Crippen LogP contribution is 2.40. The van der Waals surface area contributed by atoms with Gasteiger partial charge in [-0.3, -0.25) is 0 Å². The monoisotopic (exact) mass is 336 g/mol. The summed E-state index contributed by atoms with van der Waals surface area (Å²) in [5.41, 5.74) is 7.21. The molecular weight excluding hydrogens is 316 g/mol. The number of hydrogen-bond acceptors (Lipinski definition) is 2. The third-order valence-electron chi connectivity index (χ3n) is 5.35. The van der Waals surface area contributed by atoms with Crippen LogP contribution in [-0.4, -0.2) is 13.1 Å². The lowest BCUT2D eigenvalue weighted by Crippen LogP contribution is -2.30. The standard InChI is InChI=1S/C21H21ClN2/c22-16-9-7-15(8-10-16)19-13-21(24-11-2-1-3-12-24)20(14-23)18-6-4-5-17(18)19/h7-10,13H,1-6,11-12H2. The van der Waals surface area contributed by atoms with E-state index < -0.39 is 0 Å². The first-order chi connectivity index (χ1) is 11.8. The fourth-order valence-electron chi connectivity index (χ4n) is 4.16. The molecule has 1 heterocycles. The fourth-order valence-corrected chi connectivity index (χ4v) is 4.29. The fraction of sp³-hybridized carbons (Fsp3) is 0.381. The summed E-state index contributed by atoms with van der Waals surface area (Å²) in [5, 5.41) is 10.6. The second-order valence-electron chi connectivity index (χ2n) is 6.80. The Balaban J connectivity index is 1.89. The molecule has 0 radical (unpaired) electrons. The van der Waals surface area contributed by atoms with E-state index in [0.29, 0.717) is 0 Å². The normalized spacial score (nSPS) is 16.8. The quantitative estimate of drug-likeness (QED) is 0.738. The van der Waals surface area contributed by atoms with Crippen LogP contribution in [0.25, 0.3) is 11.1 Å². The minimum Gasteiger partial charge on any atom is -0.370 e. The summed E-state index contributed by atoms with van der Waals surface area (Å²) < 4.78 is 0. The zero-order chi connectivity index (χ0) is 16.5. The molecular formula is C21H21ClN2. The minimum atomic E-state index is 0.764. The third kappa shape index (κ3) is 2.68. The highest BCUT2D eigenvalue weighted by molar-refractivity contribution is 6.30. The van der Waals surface area contributed by atoms with E-state index >= 15 is 0 Å². The first kappa shape index (κ1) is 15.5. The van der Waals surface area contributed by atoms with Crippen molar-refractivity contribution in [2.24, 2.45) is 0 Å². The van der Waals surface area contributed by atoms with Crippen LogP contribution in [0.15, 0.2) is 30.3 Å². The Kier molecular flexibility index (Phi) is 4.21. The molecule has 24 heavy (non-hydrogen) atoms. The van der Waals surface area contributed by atoms with Gasteiger partial charge < -0.3 is 4.90 Å². The van der Waals surface area contributed by atoms with Crippen LogP contribution in [-0.2, 0) is 12.8 Å². The smallest absolute Gasteiger partial charge is 0.102 e. The van der Waals surface area contributed by atoms with E-state index in [4.69, 9.17) is 11.6 Å². The van der Waals surface area contributed by atoms with Gasteiger partial charge in [-0.15, -0.1) is 0 Å². The predicted molar refractivity (Wildman–Crippen MR) is 99.7 cm³/mol. The van der Waals surface area contributed by atoms with Crippen molar-refractivity contribution in [1.82, 2.24) is 0 Å². The van der Waals surface area contributed by atoms with Crippen molar-refractivity contribution in [2.75, 3.05) is 18.0 Å². The lowest BCUT2D eigenvalue weighted by atomic mass is 9.91. The van der Waals surface area contributed by atoms with Crippen LogP contribution in [0.4, 0.5) is 5.69 Å². The lowest BCUT2D eigenvalue weighted by Gasteiger charge is -2.31. The summed E-state index contributed by atoms with van der Waals surface area (Å²) in [4.78, 5) is 2.42. The first-order valence-corrected chi connectivity index (χ1v) is 9.25. The van der Waals surface area contributed by atoms with Gasteiger partial charge in [-0.05, 0) is 79.0 Å². The molecule has 0 aromatic heterocycles. The number of halogens is 1. The van der Waals surface area contributed by atoms with Crippen molar-refractivity contribution in [3.63, 3.8) is 0 Å². The van der Waals surface area contributed by atoms with Gasteiger partial charge in [0.25, 0.3) is 0 Å². The Morgan fingerprint density at radius 3 is 2.33 bits per heavy atom. The molecule has 2 aliphatic rings. The van der Waals surface area contributed by atoms with E-state index in [9.17, 15) is 5.26 Å². The Labute approximate surface area is 148 Å². The van der Waals surface area contributed by atoms with Crippen LogP contribution in [0.2, 0.25) is 5.02 Å². The van der Waals surface area contributed by atoms with Gasteiger partial charge in [0.1, 0.15) is 6.07 Å². The van der Waals surface area contributed by atoms with E-state index in [1.807, 2.05) is 12.1 Å². The molecule has 1 aliphatic heterocycles. The lowest BCUT2D eigenvalue weighted by molar-refractivity contribution is 0.577. The maximum Gasteiger partial charge on any atom is 0.102 e. The number of benzene rings is 2. The van der Waals surface area contributed by atoms with Crippen LogP contribution in [0, 0.1) is 11.3 Å². The molecule has 0 atom stereocenters. The Morgan fingerprint density at radius 2 is 1.62 bits per heavy atom. The van der Waals surface area contributed by atoms with Crippen molar-refractivity contribution >= 4 is 17.3 Å². The predicted octanol–water partition coefficient (Wildman–Crippen LogP) is 5.36. The molecule has 0 unspecified atom stereocenters. The van der Waals surface area contributed by atoms with Gasteiger partial charge >= 0.3 is 0 Å². The molecule has 0 bridgehead atoms. The molecule has 2 aromatic carbocycles. The summed E-state index contributed by atoms with van der Waals surface area (Å²) in [6.07, 6.45) is 6.99. The SMILES string of the molecule is N#Cc1c(N2CCCCC2)cc(-c2ccc(Cl)cc2)c2c1CCC2. The van der Waals surface area contributed by atoms with Gasteiger partial charge in [0.2, 0.25) is 0 Å². The Morgan fingerprint density at radius 1 is 0.917 bits per heavy atom. The van der Waals surface area contributed by atoms with Crippen LogP contribution < -0.4 is 4.90 Å². The van der Waals surface area contributed by atoms with Crippen molar-refractivity contribution in [2.45, 2.75) is 38.5 Å². The van der Waals surface area contributed by atoms with Gasteiger partial charge in [0.05, 0.1) is 11.3 Å². The number of anilines is 1. The average Bonchev–Trinajstić information content (AvgIpc) is 3.11. The van der Waals surface area contributed by atoms with Gasteiger partial charge in [-0.2, -0.15) is 5.26 Å². The second-order valence-corrected chi connectivity index (χ2v) is 7.23. The van der Waals surface area contributed by atoms with Gasteiger partial charge in [-0.25, -0.2) is 0 Å². The minimum absolute atomic E-state index is 0.764. The molecule has 122 valence electrons. The molecule has 2 nitrogen and oxygen atoms in total. The molecule has 1 saturated heterocycles. The number of nitriles is 1. The van der Waals surface area contributed by atoms with Crippen molar-refractivity contribution < 1.29 is 0 Å². The van der Waals surface area contributed by atoms with E-state index in [-0.39, 0.29) is 0 Å². The number of piperidine rings is 1. The maximum absolute atomic E-state index is 9.82. The molecule has 2 aromatic rings. The van der Waals surface area contributed by atoms with E-state index in [1.165, 1.54) is 41.5 Å². The number of hydrogen-bond donors (Lipinski definition) is 0. The number of nitrogens with zero attached hydrogens (tertiary/aromatic N) is 2. The maximum atomic E-state index is 9.82. The molecule has 1 aliphatic carbocycles. The van der Waals surface area contributed by atoms with E-state index in [1.54, 1.807) is 0 Å².